The van der Waals surface area contributed by atoms with Crippen LogP contribution >= 0.6 is 0 Å². The molecule has 0 bridgehead atoms. The standard InChI is InChI=1S/C24H24F2N4O3.Na/c1-2-15-11-28-24(29-12-15)30-7-5-16(6-8-30)14-33-22-19(25)9-18(10-20(22)26)17-3-4-21(23(31)32)27-13-17;/h3-4,9-13,16H,2,5-8,14H2,1H3,(H,31,32);/q;+1/p-1. The number of carboxylic acids is 1. The minimum Gasteiger partial charge on any atom is -0.543 e. The Kier molecular flexibility index (Phi) is 8.93. The molecular formula is C24H23F2N4NaO3. The van der Waals surface area contributed by atoms with E-state index in [1.165, 1.54) is 18.3 Å². The van der Waals surface area contributed by atoms with Gasteiger partial charge < -0.3 is 19.5 Å². The zero-order valence-corrected chi connectivity index (χ0v) is 21.1. The van der Waals surface area contributed by atoms with Gasteiger partial charge >= 0.3 is 29.6 Å². The van der Waals surface area contributed by atoms with E-state index in [0.29, 0.717) is 11.5 Å². The van der Waals surface area contributed by atoms with Gasteiger partial charge in [-0.3, -0.25) is 4.98 Å². The molecule has 0 unspecified atom stereocenters. The number of pyridine rings is 1. The van der Waals surface area contributed by atoms with E-state index in [0.717, 1.165) is 50.0 Å². The Hall–Kier alpha value is -2.62. The van der Waals surface area contributed by atoms with E-state index < -0.39 is 23.4 Å². The predicted molar refractivity (Wildman–Crippen MR) is 116 cm³/mol. The first-order chi connectivity index (χ1) is 15.9. The van der Waals surface area contributed by atoms with Crippen molar-refractivity contribution in [3.8, 4) is 16.9 Å². The summed E-state index contributed by atoms with van der Waals surface area (Å²) in [6.45, 7) is 3.76. The summed E-state index contributed by atoms with van der Waals surface area (Å²) in [5.41, 5.74) is 1.45. The van der Waals surface area contributed by atoms with Crippen LogP contribution in [0.5, 0.6) is 5.75 Å². The van der Waals surface area contributed by atoms with Gasteiger partial charge in [-0.1, -0.05) is 13.0 Å². The number of halogens is 2. The van der Waals surface area contributed by atoms with Crippen molar-refractivity contribution in [1.82, 2.24) is 15.0 Å². The number of carboxylic acid groups (broad SMARTS) is 1. The smallest absolute Gasteiger partial charge is 0.543 e. The van der Waals surface area contributed by atoms with Crippen molar-refractivity contribution in [2.75, 3.05) is 24.6 Å². The number of benzene rings is 1. The fourth-order valence-electron chi connectivity index (χ4n) is 3.74. The Morgan fingerprint density at radius 2 is 1.71 bits per heavy atom. The van der Waals surface area contributed by atoms with Gasteiger partial charge in [-0.25, -0.2) is 18.7 Å². The number of hydrogen-bond acceptors (Lipinski definition) is 7. The van der Waals surface area contributed by atoms with Crippen LogP contribution in [0.25, 0.3) is 11.1 Å². The zero-order chi connectivity index (χ0) is 23.4. The van der Waals surface area contributed by atoms with Crippen molar-refractivity contribution in [2.24, 2.45) is 5.92 Å². The Balaban J connectivity index is 0.00000324. The summed E-state index contributed by atoms with van der Waals surface area (Å²) in [6, 6.07) is 4.93. The summed E-state index contributed by atoms with van der Waals surface area (Å²) in [5.74, 6) is -2.63. The molecule has 3 heterocycles. The molecule has 0 aliphatic carbocycles. The molecule has 0 amide bonds. The normalized spacial score (nSPS) is 13.9. The minimum atomic E-state index is -1.42. The summed E-state index contributed by atoms with van der Waals surface area (Å²) in [7, 11) is 0. The van der Waals surface area contributed by atoms with E-state index in [-0.39, 0.29) is 53.3 Å². The monoisotopic (exact) mass is 476 g/mol. The third-order valence-electron chi connectivity index (χ3n) is 5.76. The molecule has 10 heteroatoms. The maximum atomic E-state index is 14.6. The average Bonchev–Trinajstić information content (AvgIpc) is 2.84. The van der Waals surface area contributed by atoms with Gasteiger partial charge in [-0.2, -0.15) is 0 Å². The predicted octanol–water partition coefficient (Wildman–Crippen LogP) is 0.0421. The van der Waals surface area contributed by atoms with Crippen molar-refractivity contribution in [3.05, 3.63) is 65.7 Å². The molecule has 0 spiro atoms. The maximum Gasteiger partial charge on any atom is 1.00 e. The van der Waals surface area contributed by atoms with Crippen molar-refractivity contribution in [3.63, 3.8) is 0 Å². The number of ether oxygens (including phenoxy) is 1. The molecule has 1 aromatic carbocycles. The molecule has 3 aromatic rings. The van der Waals surface area contributed by atoms with Crippen LogP contribution in [0.15, 0.2) is 42.9 Å². The van der Waals surface area contributed by atoms with Crippen molar-refractivity contribution >= 4 is 11.9 Å². The molecule has 0 atom stereocenters. The summed E-state index contributed by atoms with van der Waals surface area (Å²) < 4.78 is 34.7. The molecule has 7 nitrogen and oxygen atoms in total. The SMILES string of the molecule is CCc1cnc(N2CCC(COc3c(F)cc(-c4ccc(C(=O)[O-])nc4)cc3F)CC2)nc1.[Na+]. The van der Waals surface area contributed by atoms with E-state index in [1.807, 2.05) is 12.4 Å². The fourth-order valence-corrected chi connectivity index (χ4v) is 3.74. The van der Waals surface area contributed by atoms with E-state index in [9.17, 15) is 18.7 Å². The molecule has 1 aliphatic rings. The van der Waals surface area contributed by atoms with Crippen molar-refractivity contribution in [2.45, 2.75) is 26.2 Å². The third kappa shape index (κ3) is 6.08. The number of aryl methyl sites for hydroxylation is 1. The van der Waals surface area contributed by atoms with Gasteiger partial charge in [0.1, 0.15) is 0 Å². The topological polar surface area (TPSA) is 91.3 Å². The molecule has 0 N–H and O–H groups in total. The number of aromatic carboxylic acids is 1. The number of hydrogen-bond donors (Lipinski definition) is 0. The second-order valence-corrected chi connectivity index (χ2v) is 7.97. The van der Waals surface area contributed by atoms with Crippen molar-refractivity contribution < 1.29 is 53.0 Å². The molecule has 1 fully saturated rings. The van der Waals surface area contributed by atoms with Crippen LogP contribution in [-0.2, 0) is 6.42 Å². The molecule has 0 saturated carbocycles. The number of anilines is 1. The van der Waals surface area contributed by atoms with Crippen molar-refractivity contribution in [1.29, 1.82) is 0 Å². The number of piperidine rings is 1. The van der Waals surface area contributed by atoms with Gasteiger partial charge in [0.25, 0.3) is 0 Å². The van der Waals surface area contributed by atoms with E-state index in [2.05, 4.69) is 26.8 Å². The third-order valence-corrected chi connectivity index (χ3v) is 5.76. The van der Waals surface area contributed by atoms with Gasteiger partial charge in [-0.15, -0.1) is 0 Å². The van der Waals surface area contributed by atoms with Crippen LogP contribution < -0.4 is 44.3 Å². The van der Waals surface area contributed by atoms with Gasteiger partial charge in [0, 0.05) is 37.2 Å². The Morgan fingerprint density at radius 3 is 2.24 bits per heavy atom. The number of carbonyl (C=O) groups excluding carboxylic acids is 1. The number of rotatable bonds is 7. The summed E-state index contributed by atoms with van der Waals surface area (Å²) >= 11 is 0. The first kappa shape index (κ1) is 26.0. The van der Waals surface area contributed by atoms with Crippen LogP contribution in [0.2, 0.25) is 0 Å². The number of aromatic nitrogens is 3. The Bertz CT molecular complexity index is 1100. The quantitative estimate of drug-likeness (QED) is 0.445. The number of carbonyl (C=O) groups is 1. The van der Waals surface area contributed by atoms with Gasteiger partial charge in [-0.05, 0) is 54.5 Å². The molecule has 2 aromatic heterocycles. The summed E-state index contributed by atoms with van der Waals surface area (Å²) in [4.78, 5) is 25.4. The Morgan fingerprint density at radius 1 is 1.06 bits per heavy atom. The first-order valence-electron chi connectivity index (χ1n) is 10.8. The molecule has 1 saturated heterocycles. The molecule has 0 radical (unpaired) electrons. The van der Waals surface area contributed by atoms with E-state index in [4.69, 9.17) is 4.74 Å². The molecule has 1 aliphatic heterocycles. The second-order valence-electron chi connectivity index (χ2n) is 7.97. The van der Waals surface area contributed by atoms with Crippen LogP contribution in [0, 0.1) is 17.6 Å². The second kappa shape index (κ2) is 11.7. The summed E-state index contributed by atoms with van der Waals surface area (Å²) in [5, 5.41) is 10.8. The first-order valence-corrected chi connectivity index (χ1v) is 10.8. The molecule has 4 rings (SSSR count). The summed E-state index contributed by atoms with van der Waals surface area (Å²) in [6.07, 6.45) is 7.39. The molecule has 172 valence electrons. The molecule has 34 heavy (non-hydrogen) atoms. The van der Waals surface area contributed by atoms with E-state index in [1.54, 1.807) is 0 Å². The van der Waals surface area contributed by atoms with Gasteiger partial charge in [0.05, 0.1) is 18.3 Å². The zero-order valence-electron chi connectivity index (χ0n) is 19.1. The van der Waals surface area contributed by atoms with Crippen LogP contribution in [-0.4, -0.2) is 40.6 Å². The average molecular weight is 476 g/mol. The van der Waals surface area contributed by atoms with Gasteiger partial charge in [0.2, 0.25) is 5.95 Å². The molecular weight excluding hydrogens is 453 g/mol. The number of nitrogens with zero attached hydrogens (tertiary/aromatic N) is 4. The van der Waals surface area contributed by atoms with Crippen LogP contribution in [0.4, 0.5) is 14.7 Å². The van der Waals surface area contributed by atoms with Crippen LogP contribution in [0.1, 0.15) is 35.8 Å². The minimum absolute atomic E-state index is 0. The van der Waals surface area contributed by atoms with Gasteiger partial charge in [0.15, 0.2) is 17.4 Å². The van der Waals surface area contributed by atoms with Crippen LogP contribution in [0.3, 0.4) is 0 Å². The fraction of sp³-hybridized carbons (Fsp3) is 0.333. The largest absolute Gasteiger partial charge is 1.00 e. The maximum absolute atomic E-state index is 14.6. The van der Waals surface area contributed by atoms with E-state index >= 15 is 0 Å². The Labute approximate surface area is 218 Å².